The summed E-state index contributed by atoms with van der Waals surface area (Å²) in [5.74, 6) is 1.17. The molecule has 2 aromatic rings. The second-order valence-corrected chi connectivity index (χ2v) is 6.57. The number of alkyl halides is 2. The highest BCUT2D eigenvalue weighted by molar-refractivity contribution is 5.77. The number of pyridine rings is 1. The van der Waals surface area contributed by atoms with Crippen molar-refractivity contribution in [1.82, 2.24) is 15.0 Å². The largest absolute Gasteiger partial charge is 0.383 e. The van der Waals surface area contributed by atoms with Crippen LogP contribution in [-0.2, 0) is 9.47 Å². The van der Waals surface area contributed by atoms with Gasteiger partial charge < -0.3 is 25.0 Å². The van der Waals surface area contributed by atoms with Crippen LogP contribution in [0.1, 0.15) is 12.0 Å². The molecule has 0 radical (unpaired) electrons. The summed E-state index contributed by atoms with van der Waals surface area (Å²) in [6.45, 7) is 4.92. The molecule has 28 heavy (non-hydrogen) atoms. The Hall–Kier alpha value is -2.59. The van der Waals surface area contributed by atoms with Gasteiger partial charge in [-0.25, -0.2) is 18.7 Å². The third kappa shape index (κ3) is 3.83. The molecular weight excluding hydrogens is 370 g/mol. The van der Waals surface area contributed by atoms with Crippen molar-refractivity contribution in [2.24, 2.45) is 0 Å². The maximum atomic E-state index is 13.6. The van der Waals surface area contributed by atoms with Crippen molar-refractivity contribution < 1.29 is 18.3 Å². The van der Waals surface area contributed by atoms with Gasteiger partial charge in [0, 0.05) is 44.0 Å². The van der Waals surface area contributed by atoms with Gasteiger partial charge in [0.05, 0.1) is 37.7 Å². The molecule has 0 aliphatic carbocycles. The molecule has 0 aromatic carbocycles. The van der Waals surface area contributed by atoms with Crippen molar-refractivity contribution in [3.05, 3.63) is 23.9 Å². The Labute approximate surface area is 161 Å². The van der Waals surface area contributed by atoms with Crippen LogP contribution >= 0.6 is 0 Å². The SMILES string of the molecule is Nc1nccc(C(F)F)c1-c1cc(N2CCOCC2)nc(N2CCOCC2)n1. The molecule has 150 valence electrons. The Morgan fingerprint density at radius 3 is 2.25 bits per heavy atom. The number of morpholine rings is 2. The number of anilines is 3. The first-order chi connectivity index (χ1) is 13.6. The summed E-state index contributed by atoms with van der Waals surface area (Å²) in [6, 6.07) is 2.98. The molecule has 2 aliphatic heterocycles. The first-order valence-electron chi connectivity index (χ1n) is 9.21. The van der Waals surface area contributed by atoms with Gasteiger partial charge in [0.2, 0.25) is 5.95 Å². The highest BCUT2D eigenvalue weighted by Gasteiger charge is 2.24. The van der Waals surface area contributed by atoms with Gasteiger partial charge in [0.25, 0.3) is 6.43 Å². The second kappa shape index (κ2) is 8.19. The number of ether oxygens (including phenoxy) is 2. The summed E-state index contributed by atoms with van der Waals surface area (Å²) >= 11 is 0. The van der Waals surface area contributed by atoms with Gasteiger partial charge in [-0.15, -0.1) is 0 Å². The van der Waals surface area contributed by atoms with Gasteiger partial charge in [0.15, 0.2) is 0 Å². The Morgan fingerprint density at radius 2 is 1.61 bits per heavy atom. The average Bonchev–Trinajstić information content (AvgIpc) is 2.74. The standard InChI is InChI=1S/C18H22F2N6O2/c19-16(20)12-1-2-22-17(21)15(12)13-11-14(25-3-7-27-8-4-25)24-18(23-13)26-5-9-28-10-6-26/h1-2,11,16H,3-10H2,(H2,21,22). The van der Waals surface area contributed by atoms with Crippen LogP contribution in [0.2, 0.25) is 0 Å². The van der Waals surface area contributed by atoms with E-state index < -0.39 is 6.43 Å². The van der Waals surface area contributed by atoms with Gasteiger partial charge in [-0.3, -0.25) is 0 Å². The molecule has 4 heterocycles. The fraction of sp³-hybridized carbons (Fsp3) is 0.500. The van der Waals surface area contributed by atoms with Crippen molar-refractivity contribution in [3.8, 4) is 11.3 Å². The minimum absolute atomic E-state index is 0.0253. The van der Waals surface area contributed by atoms with E-state index in [0.717, 1.165) is 0 Å². The number of hydrogen-bond donors (Lipinski definition) is 1. The highest BCUT2D eigenvalue weighted by Crippen LogP contribution is 2.35. The number of rotatable bonds is 4. The maximum absolute atomic E-state index is 13.6. The molecule has 2 aromatic heterocycles. The quantitative estimate of drug-likeness (QED) is 0.842. The Kier molecular flexibility index (Phi) is 5.49. The summed E-state index contributed by atoms with van der Waals surface area (Å²) in [5, 5.41) is 0. The lowest BCUT2D eigenvalue weighted by Crippen LogP contribution is -2.39. The van der Waals surface area contributed by atoms with E-state index in [2.05, 4.69) is 14.9 Å². The lowest BCUT2D eigenvalue weighted by molar-refractivity contribution is 0.121. The Balaban J connectivity index is 1.82. The van der Waals surface area contributed by atoms with Crippen LogP contribution in [0.15, 0.2) is 18.3 Å². The summed E-state index contributed by atoms with van der Waals surface area (Å²) in [7, 11) is 0. The molecule has 4 rings (SSSR count). The Bertz CT molecular complexity index is 789. The van der Waals surface area contributed by atoms with E-state index in [9.17, 15) is 8.78 Å². The molecule has 0 unspecified atom stereocenters. The number of nitrogen functional groups attached to an aromatic ring is 1. The molecule has 2 fully saturated rings. The molecule has 0 spiro atoms. The molecule has 0 amide bonds. The van der Waals surface area contributed by atoms with Crippen LogP contribution in [-0.4, -0.2) is 67.6 Å². The minimum atomic E-state index is -2.69. The Morgan fingerprint density at radius 1 is 0.964 bits per heavy atom. The van der Waals surface area contributed by atoms with Crippen molar-refractivity contribution in [2.75, 3.05) is 68.1 Å². The number of halogens is 2. The van der Waals surface area contributed by atoms with Gasteiger partial charge in [-0.1, -0.05) is 0 Å². The third-order valence-electron chi connectivity index (χ3n) is 4.83. The minimum Gasteiger partial charge on any atom is -0.383 e. The van der Waals surface area contributed by atoms with Gasteiger partial charge in [-0.2, -0.15) is 4.98 Å². The van der Waals surface area contributed by atoms with Crippen molar-refractivity contribution in [2.45, 2.75) is 6.43 Å². The van der Waals surface area contributed by atoms with E-state index in [1.54, 1.807) is 6.07 Å². The number of hydrogen-bond acceptors (Lipinski definition) is 8. The van der Waals surface area contributed by atoms with Crippen LogP contribution in [0.3, 0.4) is 0 Å². The molecule has 8 nitrogen and oxygen atoms in total. The summed E-state index contributed by atoms with van der Waals surface area (Å²) in [5.41, 5.74) is 6.29. The van der Waals surface area contributed by atoms with E-state index in [4.69, 9.17) is 20.2 Å². The molecule has 10 heteroatoms. The van der Waals surface area contributed by atoms with Gasteiger partial charge in [-0.05, 0) is 6.07 Å². The molecule has 2 aliphatic rings. The fourth-order valence-electron chi connectivity index (χ4n) is 3.36. The van der Waals surface area contributed by atoms with Crippen LogP contribution < -0.4 is 15.5 Å². The first kappa shape index (κ1) is 18.8. The third-order valence-corrected chi connectivity index (χ3v) is 4.83. The first-order valence-corrected chi connectivity index (χ1v) is 9.21. The number of nitrogens with two attached hydrogens (primary N) is 1. The van der Waals surface area contributed by atoms with Crippen LogP contribution in [0.5, 0.6) is 0 Å². The van der Waals surface area contributed by atoms with E-state index in [1.807, 2.05) is 4.90 Å². The molecule has 0 atom stereocenters. The smallest absolute Gasteiger partial charge is 0.264 e. The van der Waals surface area contributed by atoms with Crippen molar-refractivity contribution in [1.29, 1.82) is 0 Å². The van der Waals surface area contributed by atoms with Gasteiger partial charge >= 0.3 is 0 Å². The maximum Gasteiger partial charge on any atom is 0.264 e. The molecule has 0 saturated carbocycles. The predicted molar refractivity (Wildman–Crippen MR) is 101 cm³/mol. The zero-order valence-corrected chi connectivity index (χ0v) is 15.4. The topological polar surface area (TPSA) is 89.6 Å². The highest BCUT2D eigenvalue weighted by atomic mass is 19.3. The zero-order chi connectivity index (χ0) is 19.5. The van der Waals surface area contributed by atoms with Crippen LogP contribution in [0.4, 0.5) is 26.4 Å². The lowest BCUT2D eigenvalue weighted by atomic mass is 10.1. The molecular formula is C18H22F2N6O2. The second-order valence-electron chi connectivity index (χ2n) is 6.57. The van der Waals surface area contributed by atoms with E-state index in [-0.39, 0.29) is 16.9 Å². The van der Waals surface area contributed by atoms with Gasteiger partial charge in [0.1, 0.15) is 11.6 Å². The monoisotopic (exact) mass is 392 g/mol. The fourth-order valence-corrected chi connectivity index (χ4v) is 3.36. The lowest BCUT2D eigenvalue weighted by Gasteiger charge is -2.31. The average molecular weight is 392 g/mol. The molecule has 2 N–H and O–H groups in total. The summed E-state index contributed by atoms with van der Waals surface area (Å²) in [6.07, 6.45) is -1.40. The van der Waals surface area contributed by atoms with E-state index >= 15 is 0 Å². The van der Waals surface area contributed by atoms with E-state index in [0.29, 0.717) is 70.1 Å². The predicted octanol–water partition coefficient (Wildman–Crippen LogP) is 1.73. The number of aromatic nitrogens is 3. The van der Waals surface area contributed by atoms with Crippen LogP contribution in [0, 0.1) is 0 Å². The van der Waals surface area contributed by atoms with Crippen molar-refractivity contribution >= 4 is 17.6 Å². The summed E-state index contributed by atoms with van der Waals surface area (Å²) < 4.78 is 38.1. The zero-order valence-electron chi connectivity index (χ0n) is 15.4. The summed E-state index contributed by atoms with van der Waals surface area (Å²) in [4.78, 5) is 17.3. The number of nitrogens with zero attached hydrogens (tertiary/aromatic N) is 5. The van der Waals surface area contributed by atoms with Crippen molar-refractivity contribution in [3.63, 3.8) is 0 Å². The normalized spacial score (nSPS) is 18.0. The van der Waals surface area contributed by atoms with Crippen LogP contribution in [0.25, 0.3) is 11.3 Å². The molecule has 0 bridgehead atoms. The van der Waals surface area contributed by atoms with E-state index in [1.165, 1.54) is 12.3 Å². The molecule has 2 saturated heterocycles.